The molecule has 5 nitrogen and oxygen atoms in total. The second kappa shape index (κ2) is 5.39. The van der Waals surface area contributed by atoms with Crippen LogP contribution in [-0.2, 0) is 7.05 Å². The molecule has 6 heteroatoms. The molecule has 2 heterocycles. The maximum atomic E-state index is 4.38. The Balaban J connectivity index is 2.41. The number of anilines is 1. The number of aromatic nitrogens is 4. The summed E-state index contributed by atoms with van der Waals surface area (Å²) in [4.78, 5) is 13.0. The minimum absolute atomic E-state index is 0.358. The van der Waals surface area contributed by atoms with Crippen LogP contribution in [0.25, 0.3) is 0 Å². The summed E-state index contributed by atoms with van der Waals surface area (Å²) in [6.45, 7) is 4.28. The maximum Gasteiger partial charge on any atom is 0.174 e. The molecule has 96 valence electrons. The summed E-state index contributed by atoms with van der Waals surface area (Å²) in [6.07, 6.45) is 5.30. The van der Waals surface area contributed by atoms with E-state index in [1.54, 1.807) is 24.3 Å². The lowest BCUT2D eigenvalue weighted by Gasteiger charge is -2.14. The highest BCUT2D eigenvalue weighted by Crippen LogP contribution is 2.34. The number of aryl methyl sites for hydroxylation is 1. The standard InChI is InChI=1S/C12H17N5S/c1-8(2)9-10(13-3)15-7-16-11(9)18-12-14-5-6-17(12)4/h5-8H,1-4H3,(H,13,15,16). The molecule has 0 unspecified atom stereocenters. The Bertz CT molecular complexity index is 535. The topological polar surface area (TPSA) is 55.6 Å². The van der Waals surface area contributed by atoms with Crippen LogP contribution in [0, 0.1) is 0 Å². The van der Waals surface area contributed by atoms with E-state index in [1.807, 2.05) is 24.9 Å². The van der Waals surface area contributed by atoms with Crippen LogP contribution in [0.1, 0.15) is 25.3 Å². The van der Waals surface area contributed by atoms with Gasteiger partial charge in [-0.1, -0.05) is 13.8 Å². The number of hydrogen-bond donors (Lipinski definition) is 1. The molecule has 2 aromatic heterocycles. The zero-order valence-corrected chi connectivity index (χ0v) is 11.8. The van der Waals surface area contributed by atoms with Crippen LogP contribution in [0.2, 0.25) is 0 Å². The van der Waals surface area contributed by atoms with E-state index in [0.29, 0.717) is 5.92 Å². The average molecular weight is 263 g/mol. The molecule has 0 atom stereocenters. The minimum atomic E-state index is 0.358. The molecule has 18 heavy (non-hydrogen) atoms. The van der Waals surface area contributed by atoms with Gasteiger partial charge in [0.1, 0.15) is 17.2 Å². The molecule has 0 amide bonds. The monoisotopic (exact) mass is 263 g/mol. The SMILES string of the molecule is CNc1ncnc(Sc2nccn2C)c1C(C)C. The molecule has 2 rings (SSSR count). The van der Waals surface area contributed by atoms with Gasteiger partial charge in [-0.25, -0.2) is 15.0 Å². The van der Waals surface area contributed by atoms with Gasteiger partial charge in [-0.3, -0.25) is 0 Å². The van der Waals surface area contributed by atoms with Crippen molar-refractivity contribution < 1.29 is 0 Å². The van der Waals surface area contributed by atoms with Crippen LogP contribution in [-0.4, -0.2) is 26.6 Å². The summed E-state index contributed by atoms with van der Waals surface area (Å²) < 4.78 is 1.98. The predicted molar refractivity (Wildman–Crippen MR) is 73.0 cm³/mol. The summed E-state index contributed by atoms with van der Waals surface area (Å²) in [6, 6.07) is 0. The van der Waals surface area contributed by atoms with Crippen molar-refractivity contribution in [3.63, 3.8) is 0 Å². The van der Waals surface area contributed by atoms with Gasteiger partial charge in [0.15, 0.2) is 5.16 Å². The van der Waals surface area contributed by atoms with Crippen LogP contribution in [0.15, 0.2) is 28.9 Å². The van der Waals surface area contributed by atoms with Crippen LogP contribution in [0.5, 0.6) is 0 Å². The van der Waals surface area contributed by atoms with Crippen LogP contribution >= 0.6 is 11.8 Å². The minimum Gasteiger partial charge on any atom is -0.373 e. The molecule has 0 saturated carbocycles. The smallest absolute Gasteiger partial charge is 0.174 e. The van der Waals surface area contributed by atoms with Gasteiger partial charge in [-0.15, -0.1) is 0 Å². The molecule has 0 aliphatic heterocycles. The van der Waals surface area contributed by atoms with E-state index in [-0.39, 0.29) is 0 Å². The zero-order chi connectivity index (χ0) is 13.1. The van der Waals surface area contributed by atoms with Crippen molar-refractivity contribution in [2.75, 3.05) is 12.4 Å². The molecule has 0 fully saturated rings. The Morgan fingerprint density at radius 2 is 2.06 bits per heavy atom. The third-order valence-electron chi connectivity index (χ3n) is 2.63. The molecular formula is C12H17N5S. The Morgan fingerprint density at radius 3 is 2.61 bits per heavy atom. The molecule has 0 saturated heterocycles. The van der Waals surface area contributed by atoms with Crippen LogP contribution in [0.4, 0.5) is 5.82 Å². The molecule has 2 aromatic rings. The van der Waals surface area contributed by atoms with Crippen molar-refractivity contribution in [3.05, 3.63) is 24.3 Å². The fraction of sp³-hybridized carbons (Fsp3) is 0.417. The van der Waals surface area contributed by atoms with Gasteiger partial charge < -0.3 is 9.88 Å². The van der Waals surface area contributed by atoms with E-state index in [9.17, 15) is 0 Å². The normalized spacial score (nSPS) is 10.9. The maximum absolute atomic E-state index is 4.38. The van der Waals surface area contributed by atoms with Crippen molar-refractivity contribution in [2.24, 2.45) is 7.05 Å². The number of nitrogens with zero attached hydrogens (tertiary/aromatic N) is 4. The lowest BCUT2D eigenvalue weighted by Crippen LogP contribution is -2.04. The third kappa shape index (κ3) is 2.48. The van der Waals surface area contributed by atoms with Crippen molar-refractivity contribution in [2.45, 2.75) is 29.9 Å². The first-order valence-electron chi connectivity index (χ1n) is 5.81. The largest absolute Gasteiger partial charge is 0.373 e. The highest BCUT2D eigenvalue weighted by atomic mass is 32.2. The molecule has 0 aliphatic carbocycles. The fourth-order valence-corrected chi connectivity index (χ4v) is 2.75. The van der Waals surface area contributed by atoms with Crippen molar-refractivity contribution in [1.82, 2.24) is 19.5 Å². The summed E-state index contributed by atoms with van der Waals surface area (Å²) in [7, 11) is 3.86. The molecule has 0 aromatic carbocycles. The van der Waals surface area contributed by atoms with E-state index in [2.05, 4.69) is 34.1 Å². The Hall–Kier alpha value is -1.56. The summed E-state index contributed by atoms with van der Waals surface area (Å²) in [5.74, 6) is 1.24. The third-order valence-corrected chi connectivity index (χ3v) is 3.72. The average Bonchev–Trinajstić information content (AvgIpc) is 2.74. The van der Waals surface area contributed by atoms with Gasteiger partial charge in [0.2, 0.25) is 0 Å². The summed E-state index contributed by atoms with van der Waals surface area (Å²) in [5.41, 5.74) is 1.13. The van der Waals surface area contributed by atoms with Crippen LogP contribution < -0.4 is 5.32 Å². The van der Waals surface area contributed by atoms with E-state index in [4.69, 9.17) is 0 Å². The highest BCUT2D eigenvalue weighted by molar-refractivity contribution is 7.99. The Morgan fingerprint density at radius 1 is 1.28 bits per heavy atom. The molecular weight excluding hydrogens is 246 g/mol. The molecule has 0 spiro atoms. The van der Waals surface area contributed by atoms with Crippen LogP contribution in [0.3, 0.4) is 0 Å². The molecule has 0 bridgehead atoms. The summed E-state index contributed by atoms with van der Waals surface area (Å²) >= 11 is 1.57. The zero-order valence-electron chi connectivity index (χ0n) is 11.0. The van der Waals surface area contributed by atoms with E-state index < -0.39 is 0 Å². The quantitative estimate of drug-likeness (QED) is 0.859. The van der Waals surface area contributed by atoms with Gasteiger partial charge in [0.05, 0.1) is 0 Å². The molecule has 0 aliphatic rings. The second-order valence-corrected chi connectivity index (χ2v) is 5.22. The van der Waals surface area contributed by atoms with Gasteiger partial charge in [0.25, 0.3) is 0 Å². The van der Waals surface area contributed by atoms with Gasteiger partial charge >= 0.3 is 0 Å². The predicted octanol–water partition coefficient (Wildman–Crippen LogP) is 2.53. The van der Waals surface area contributed by atoms with Gasteiger partial charge in [-0.05, 0) is 17.7 Å². The number of rotatable bonds is 4. The van der Waals surface area contributed by atoms with E-state index >= 15 is 0 Å². The Kier molecular flexibility index (Phi) is 3.86. The van der Waals surface area contributed by atoms with Gasteiger partial charge in [-0.2, -0.15) is 0 Å². The fourth-order valence-electron chi connectivity index (χ4n) is 1.72. The van der Waals surface area contributed by atoms with Crippen molar-refractivity contribution in [3.8, 4) is 0 Å². The number of hydrogen-bond acceptors (Lipinski definition) is 5. The lowest BCUT2D eigenvalue weighted by atomic mass is 10.1. The second-order valence-electron chi connectivity index (χ2n) is 4.27. The number of imidazole rings is 1. The van der Waals surface area contributed by atoms with Gasteiger partial charge in [0, 0.05) is 32.1 Å². The highest BCUT2D eigenvalue weighted by Gasteiger charge is 2.16. The summed E-state index contributed by atoms with van der Waals surface area (Å²) in [5, 5.41) is 5.01. The first-order chi connectivity index (χ1) is 8.63. The Labute approximate surface area is 111 Å². The molecule has 0 radical (unpaired) electrons. The lowest BCUT2D eigenvalue weighted by molar-refractivity contribution is 0.777. The number of nitrogens with one attached hydrogen (secondary N) is 1. The first kappa shape index (κ1) is 12.9. The first-order valence-corrected chi connectivity index (χ1v) is 6.63. The van der Waals surface area contributed by atoms with E-state index in [0.717, 1.165) is 21.6 Å². The van der Waals surface area contributed by atoms with Crippen molar-refractivity contribution >= 4 is 17.6 Å². The molecule has 1 N–H and O–H groups in total. The van der Waals surface area contributed by atoms with Crippen molar-refractivity contribution in [1.29, 1.82) is 0 Å². The van der Waals surface area contributed by atoms with E-state index in [1.165, 1.54) is 0 Å².